The number of amides is 1. The van der Waals surface area contributed by atoms with Crippen LogP contribution in [0.15, 0.2) is 42.7 Å². The molecule has 33 heavy (non-hydrogen) atoms. The van der Waals surface area contributed by atoms with Crippen LogP contribution in [0.4, 0.5) is 0 Å². The first kappa shape index (κ1) is 23.4. The van der Waals surface area contributed by atoms with Gasteiger partial charge in [-0.1, -0.05) is 19.1 Å². The molecule has 3 heterocycles. The molecule has 0 bridgehead atoms. The van der Waals surface area contributed by atoms with Gasteiger partial charge in [-0.15, -0.1) is 0 Å². The van der Waals surface area contributed by atoms with Crippen LogP contribution in [-0.2, 0) is 6.54 Å². The summed E-state index contributed by atoms with van der Waals surface area (Å²) < 4.78 is 6.40. The van der Waals surface area contributed by atoms with Crippen molar-refractivity contribution in [1.29, 1.82) is 0 Å². The summed E-state index contributed by atoms with van der Waals surface area (Å²) in [5, 5.41) is 9.84. The fourth-order valence-electron chi connectivity index (χ4n) is 4.57. The summed E-state index contributed by atoms with van der Waals surface area (Å²) in [4.78, 5) is 26.5. The highest BCUT2D eigenvalue weighted by Gasteiger charge is 2.34. The zero-order valence-corrected chi connectivity index (χ0v) is 19.8. The highest BCUT2D eigenvalue weighted by Crippen LogP contribution is 2.32. The smallest absolute Gasteiger partial charge is 0.259 e. The summed E-state index contributed by atoms with van der Waals surface area (Å²) in [5.74, 6) is 0.299. The molecule has 0 saturated carbocycles. The van der Waals surface area contributed by atoms with Crippen LogP contribution in [-0.4, -0.2) is 69.7 Å². The monoisotopic (exact) mass is 450 g/mol. The van der Waals surface area contributed by atoms with Gasteiger partial charge in [0.05, 0.1) is 18.3 Å². The lowest BCUT2D eigenvalue weighted by Gasteiger charge is -2.37. The molecule has 3 atom stereocenters. The Labute approximate surface area is 196 Å². The number of ether oxygens (including phenoxy) is 1. The van der Waals surface area contributed by atoms with Crippen LogP contribution in [0.1, 0.15) is 54.7 Å². The van der Waals surface area contributed by atoms with Crippen molar-refractivity contribution in [3.05, 3.63) is 59.6 Å². The summed E-state index contributed by atoms with van der Waals surface area (Å²) in [6, 6.07) is 7.55. The van der Waals surface area contributed by atoms with E-state index in [0.717, 1.165) is 30.5 Å². The number of rotatable bonds is 7. The number of carbonyl (C=O) groups is 1. The molecule has 0 saturated heterocycles. The average Bonchev–Trinajstić information content (AvgIpc) is 3.36. The van der Waals surface area contributed by atoms with Crippen molar-refractivity contribution in [2.45, 2.75) is 51.8 Å². The van der Waals surface area contributed by atoms with Crippen molar-refractivity contribution in [2.24, 2.45) is 5.92 Å². The molecule has 1 N–H and O–H groups in total. The summed E-state index contributed by atoms with van der Waals surface area (Å²) in [6.07, 6.45) is 8.88. The van der Waals surface area contributed by atoms with E-state index in [4.69, 9.17) is 4.74 Å². The van der Waals surface area contributed by atoms with E-state index in [1.807, 2.05) is 44.4 Å². The maximum Gasteiger partial charge on any atom is 0.259 e. The van der Waals surface area contributed by atoms with Gasteiger partial charge in [-0.25, -0.2) is 4.98 Å². The third kappa shape index (κ3) is 5.42. The number of likely N-dealkylation sites (N-methyl/N-ethyl adjacent to an activating group) is 1. The van der Waals surface area contributed by atoms with Gasteiger partial charge in [0, 0.05) is 37.9 Å². The summed E-state index contributed by atoms with van der Waals surface area (Å²) >= 11 is 0. The van der Waals surface area contributed by atoms with Gasteiger partial charge in [-0.3, -0.25) is 14.7 Å². The van der Waals surface area contributed by atoms with Crippen LogP contribution < -0.4 is 4.74 Å². The van der Waals surface area contributed by atoms with Gasteiger partial charge in [0.1, 0.15) is 11.7 Å². The SMILES string of the molecule is C[C@@H]1CN([C@@H](C)CO)C(=O)c2cc(C3=CCCC3)cnc2O[C@H]1CN(C)Cc1ccccn1. The fourth-order valence-corrected chi connectivity index (χ4v) is 4.57. The molecule has 7 nitrogen and oxygen atoms in total. The van der Waals surface area contributed by atoms with Gasteiger partial charge in [-0.05, 0) is 62.6 Å². The Kier molecular flexibility index (Phi) is 7.40. The first-order valence-electron chi connectivity index (χ1n) is 11.8. The maximum atomic E-state index is 13.5. The van der Waals surface area contributed by atoms with Gasteiger partial charge < -0.3 is 14.7 Å². The number of nitrogens with zero attached hydrogens (tertiary/aromatic N) is 4. The number of hydrogen-bond acceptors (Lipinski definition) is 6. The standard InChI is InChI=1S/C26H34N4O3/c1-18-14-30(19(2)17-31)26(32)23-12-21(20-8-4-5-9-20)13-28-25(23)33-24(18)16-29(3)15-22-10-6-7-11-27-22/h6-8,10-13,18-19,24,31H,4-5,9,14-17H2,1-3H3/t18-,19+,24+/m1/s1. The second-order valence-corrected chi connectivity index (χ2v) is 9.34. The van der Waals surface area contributed by atoms with Crippen molar-refractivity contribution in [3.8, 4) is 5.88 Å². The molecule has 0 unspecified atom stereocenters. The van der Waals surface area contributed by atoms with Gasteiger partial charge in [0.15, 0.2) is 0 Å². The van der Waals surface area contributed by atoms with Crippen LogP contribution in [0.3, 0.4) is 0 Å². The molecular weight excluding hydrogens is 416 g/mol. The predicted octanol–water partition coefficient (Wildman–Crippen LogP) is 3.40. The maximum absolute atomic E-state index is 13.5. The van der Waals surface area contributed by atoms with Gasteiger partial charge in [0.25, 0.3) is 5.91 Å². The molecule has 0 radical (unpaired) electrons. The normalized spacial score (nSPS) is 21.8. The van der Waals surface area contributed by atoms with Crippen molar-refractivity contribution >= 4 is 11.5 Å². The van der Waals surface area contributed by atoms with Gasteiger partial charge in [0.2, 0.25) is 5.88 Å². The zero-order valence-electron chi connectivity index (χ0n) is 19.8. The molecular formula is C26H34N4O3. The number of hydrogen-bond donors (Lipinski definition) is 1. The van der Waals surface area contributed by atoms with Crippen LogP contribution in [0, 0.1) is 5.92 Å². The lowest BCUT2D eigenvalue weighted by atomic mass is 9.99. The first-order valence-corrected chi connectivity index (χ1v) is 11.8. The van der Waals surface area contributed by atoms with Crippen LogP contribution in [0.5, 0.6) is 5.88 Å². The van der Waals surface area contributed by atoms with Crippen molar-refractivity contribution < 1.29 is 14.6 Å². The largest absolute Gasteiger partial charge is 0.472 e. The van der Waals surface area contributed by atoms with Crippen LogP contribution >= 0.6 is 0 Å². The minimum Gasteiger partial charge on any atom is -0.472 e. The zero-order chi connectivity index (χ0) is 23.4. The Morgan fingerprint density at radius 3 is 2.88 bits per heavy atom. The molecule has 0 fully saturated rings. The van der Waals surface area contributed by atoms with E-state index < -0.39 is 0 Å². The molecule has 1 amide bonds. The Balaban J connectivity index is 1.62. The summed E-state index contributed by atoms with van der Waals surface area (Å²) in [5.41, 5.74) is 3.70. The van der Waals surface area contributed by atoms with E-state index in [9.17, 15) is 9.90 Å². The van der Waals surface area contributed by atoms with Crippen molar-refractivity contribution in [3.63, 3.8) is 0 Å². The molecule has 1 aliphatic heterocycles. The third-order valence-electron chi connectivity index (χ3n) is 6.58. The van der Waals surface area contributed by atoms with E-state index in [2.05, 4.69) is 27.9 Å². The van der Waals surface area contributed by atoms with Crippen LogP contribution in [0.25, 0.3) is 5.57 Å². The Hall–Kier alpha value is -2.77. The predicted molar refractivity (Wildman–Crippen MR) is 128 cm³/mol. The van der Waals surface area contributed by atoms with E-state index in [1.54, 1.807) is 11.1 Å². The number of aliphatic hydroxyl groups excluding tert-OH is 1. The Bertz CT molecular complexity index is 994. The third-order valence-corrected chi connectivity index (χ3v) is 6.58. The topological polar surface area (TPSA) is 78.8 Å². The van der Waals surface area contributed by atoms with Gasteiger partial charge in [-0.2, -0.15) is 0 Å². The highest BCUT2D eigenvalue weighted by atomic mass is 16.5. The minimum atomic E-state index is -0.285. The number of aliphatic hydroxyl groups is 1. The molecule has 7 heteroatoms. The quantitative estimate of drug-likeness (QED) is 0.697. The van der Waals surface area contributed by atoms with Crippen molar-refractivity contribution in [2.75, 3.05) is 26.7 Å². The first-order chi connectivity index (χ1) is 16.0. The fraction of sp³-hybridized carbons (Fsp3) is 0.500. The van der Waals surface area contributed by atoms with Crippen LogP contribution in [0.2, 0.25) is 0 Å². The Morgan fingerprint density at radius 1 is 1.33 bits per heavy atom. The van der Waals surface area contributed by atoms with E-state index in [0.29, 0.717) is 31.1 Å². The number of carbonyl (C=O) groups excluding carboxylic acids is 1. The summed E-state index contributed by atoms with van der Waals surface area (Å²) in [7, 11) is 2.05. The lowest BCUT2D eigenvalue weighted by molar-refractivity contribution is 0.0324. The highest BCUT2D eigenvalue weighted by molar-refractivity contribution is 5.97. The molecule has 0 spiro atoms. The van der Waals surface area contributed by atoms with E-state index in [-0.39, 0.29) is 30.6 Å². The lowest BCUT2D eigenvalue weighted by Crippen LogP contribution is -2.49. The molecule has 4 rings (SSSR count). The average molecular weight is 451 g/mol. The number of aromatic nitrogens is 2. The Morgan fingerprint density at radius 2 is 2.18 bits per heavy atom. The molecule has 2 aliphatic rings. The van der Waals surface area contributed by atoms with Gasteiger partial charge >= 0.3 is 0 Å². The molecule has 176 valence electrons. The number of allylic oxidation sites excluding steroid dienone is 2. The minimum absolute atomic E-state index is 0.0568. The summed E-state index contributed by atoms with van der Waals surface area (Å²) in [6.45, 7) is 5.77. The number of pyridine rings is 2. The molecule has 1 aliphatic carbocycles. The molecule has 2 aromatic rings. The van der Waals surface area contributed by atoms with E-state index >= 15 is 0 Å². The molecule has 0 aromatic carbocycles. The molecule has 2 aromatic heterocycles. The second-order valence-electron chi connectivity index (χ2n) is 9.34. The van der Waals surface area contributed by atoms with E-state index in [1.165, 1.54) is 5.57 Å². The second kappa shape index (κ2) is 10.4. The number of fused-ring (bicyclic) bond motifs is 1. The van der Waals surface area contributed by atoms with Crippen molar-refractivity contribution in [1.82, 2.24) is 19.8 Å².